The fourth-order valence-electron chi connectivity index (χ4n) is 3.83. The maximum atomic E-state index is 16.0. The molecule has 0 spiro atoms. The number of nitrogens with zero attached hydrogens (tertiary/aromatic N) is 4. The minimum Gasteiger partial charge on any atom is -0.497 e. The molecule has 0 amide bonds. The number of benzene rings is 2. The lowest BCUT2D eigenvalue weighted by Crippen LogP contribution is -2.17. The smallest absolute Gasteiger partial charge is 0.267 e. The summed E-state index contributed by atoms with van der Waals surface area (Å²) < 4.78 is 91.5. The third kappa shape index (κ3) is 5.53. The standard InChI is InChI=1S/C26H18F4N6O3S2/c1-31-26-33-7-6-20(34-26)23-22(35-25(40-23)13-8-14(27)12-32-11-13)16-4-3-5-19(21(16)30)36-41(37,38)24-17(28)9-15(39-2)10-18(24)29/h3-12,36H,1-2H3,(H,31,33,34). The van der Waals surface area contributed by atoms with E-state index in [1.807, 2.05) is 4.72 Å². The Morgan fingerprint density at radius 2 is 1.73 bits per heavy atom. The van der Waals surface area contributed by atoms with E-state index in [9.17, 15) is 21.6 Å². The van der Waals surface area contributed by atoms with Crippen LogP contribution in [0.2, 0.25) is 0 Å². The summed E-state index contributed by atoms with van der Waals surface area (Å²) in [6, 6.07) is 7.91. The third-order valence-corrected chi connectivity index (χ3v) is 8.21. The summed E-state index contributed by atoms with van der Waals surface area (Å²) in [7, 11) is -2.16. The van der Waals surface area contributed by atoms with Gasteiger partial charge in [0.15, 0.2) is 10.7 Å². The van der Waals surface area contributed by atoms with Crippen LogP contribution < -0.4 is 14.8 Å². The van der Waals surface area contributed by atoms with Crippen LogP contribution in [0.4, 0.5) is 29.2 Å². The quantitative estimate of drug-likeness (QED) is 0.216. The summed E-state index contributed by atoms with van der Waals surface area (Å²) >= 11 is 1.07. The first-order chi connectivity index (χ1) is 19.6. The molecule has 210 valence electrons. The van der Waals surface area contributed by atoms with E-state index in [2.05, 4.69) is 25.3 Å². The van der Waals surface area contributed by atoms with Crippen LogP contribution in [0.25, 0.3) is 32.4 Å². The second kappa shape index (κ2) is 11.1. The molecule has 0 aliphatic carbocycles. The summed E-state index contributed by atoms with van der Waals surface area (Å²) in [5, 5.41) is 3.08. The number of hydrogen-bond acceptors (Lipinski definition) is 9. The molecule has 3 aromatic heterocycles. The van der Waals surface area contributed by atoms with Crippen molar-refractivity contribution in [2.24, 2.45) is 0 Å². The molecule has 0 unspecified atom stereocenters. The Labute approximate surface area is 235 Å². The maximum absolute atomic E-state index is 16.0. The average Bonchev–Trinajstić information content (AvgIpc) is 3.39. The van der Waals surface area contributed by atoms with Crippen LogP contribution in [0.5, 0.6) is 5.75 Å². The number of sulfonamides is 1. The Balaban J connectivity index is 1.63. The summed E-state index contributed by atoms with van der Waals surface area (Å²) in [5.41, 5.74) is -0.0419. The Morgan fingerprint density at radius 1 is 0.976 bits per heavy atom. The number of hydrogen-bond donors (Lipinski definition) is 2. The van der Waals surface area contributed by atoms with Gasteiger partial charge in [0.2, 0.25) is 5.95 Å². The zero-order chi connectivity index (χ0) is 29.3. The molecule has 5 rings (SSSR count). The predicted molar refractivity (Wildman–Crippen MR) is 145 cm³/mol. The first-order valence-corrected chi connectivity index (χ1v) is 13.9. The molecule has 0 atom stereocenters. The minimum atomic E-state index is -4.93. The lowest BCUT2D eigenvalue weighted by atomic mass is 10.1. The van der Waals surface area contributed by atoms with Crippen LogP contribution in [0.3, 0.4) is 0 Å². The van der Waals surface area contributed by atoms with Gasteiger partial charge in [-0.3, -0.25) is 9.71 Å². The molecule has 2 aromatic carbocycles. The van der Waals surface area contributed by atoms with Crippen LogP contribution in [0.1, 0.15) is 0 Å². The van der Waals surface area contributed by atoms with Crippen molar-refractivity contribution >= 4 is 33.0 Å². The molecule has 15 heteroatoms. The second-order valence-electron chi connectivity index (χ2n) is 8.30. The Kier molecular flexibility index (Phi) is 7.55. The van der Waals surface area contributed by atoms with E-state index < -0.39 is 43.9 Å². The fraction of sp³-hybridized carbons (Fsp3) is 0.0769. The first-order valence-electron chi connectivity index (χ1n) is 11.6. The topological polar surface area (TPSA) is 119 Å². The van der Waals surface area contributed by atoms with Gasteiger partial charge in [-0.1, -0.05) is 6.07 Å². The van der Waals surface area contributed by atoms with Crippen molar-refractivity contribution < 1.29 is 30.7 Å². The average molecular weight is 603 g/mol. The monoisotopic (exact) mass is 602 g/mol. The highest BCUT2D eigenvalue weighted by molar-refractivity contribution is 7.92. The molecule has 0 saturated carbocycles. The largest absolute Gasteiger partial charge is 0.497 e. The number of ether oxygens (including phenoxy) is 1. The summed E-state index contributed by atoms with van der Waals surface area (Å²) in [6.07, 6.45) is 3.87. The third-order valence-electron chi connectivity index (χ3n) is 5.67. The molecule has 0 fully saturated rings. The van der Waals surface area contributed by atoms with Crippen molar-refractivity contribution in [3.8, 4) is 38.1 Å². The molecule has 41 heavy (non-hydrogen) atoms. The Bertz CT molecular complexity index is 1860. The van der Waals surface area contributed by atoms with Gasteiger partial charge in [-0.2, -0.15) is 0 Å². The van der Waals surface area contributed by atoms with E-state index in [0.717, 1.165) is 30.7 Å². The van der Waals surface area contributed by atoms with Crippen LogP contribution in [0, 0.1) is 23.3 Å². The predicted octanol–water partition coefficient (Wildman–Crippen LogP) is 5.74. The van der Waals surface area contributed by atoms with Crippen LogP contribution in [-0.4, -0.2) is 42.5 Å². The highest BCUT2D eigenvalue weighted by Gasteiger charge is 2.28. The van der Waals surface area contributed by atoms with Gasteiger partial charge < -0.3 is 10.1 Å². The molecule has 5 aromatic rings. The number of pyridine rings is 1. The lowest BCUT2D eigenvalue weighted by Gasteiger charge is -2.13. The number of anilines is 2. The van der Waals surface area contributed by atoms with Gasteiger partial charge in [0.25, 0.3) is 10.0 Å². The second-order valence-corrected chi connectivity index (χ2v) is 10.9. The highest BCUT2D eigenvalue weighted by Crippen LogP contribution is 2.42. The molecule has 0 aliphatic heterocycles. The van der Waals surface area contributed by atoms with Gasteiger partial charge in [0.1, 0.15) is 28.2 Å². The van der Waals surface area contributed by atoms with Crippen LogP contribution in [-0.2, 0) is 10.0 Å². The molecule has 3 heterocycles. The van der Waals surface area contributed by atoms with Crippen molar-refractivity contribution in [1.82, 2.24) is 19.9 Å². The minimum absolute atomic E-state index is 0.0513. The van der Waals surface area contributed by atoms with E-state index in [1.54, 1.807) is 13.1 Å². The zero-order valence-electron chi connectivity index (χ0n) is 21.1. The fourth-order valence-corrected chi connectivity index (χ4v) is 6.05. The number of thiazole rings is 1. The molecular weight excluding hydrogens is 584 g/mol. The van der Waals surface area contributed by atoms with Crippen molar-refractivity contribution in [2.45, 2.75) is 4.90 Å². The van der Waals surface area contributed by atoms with Gasteiger partial charge in [-0.25, -0.2) is 40.9 Å². The van der Waals surface area contributed by atoms with Gasteiger partial charge in [-0.05, 0) is 24.3 Å². The molecule has 2 N–H and O–H groups in total. The zero-order valence-corrected chi connectivity index (χ0v) is 22.7. The molecule has 0 radical (unpaired) electrons. The number of nitrogens with one attached hydrogen (secondary N) is 2. The van der Waals surface area contributed by atoms with Crippen molar-refractivity contribution in [3.05, 3.63) is 84.3 Å². The van der Waals surface area contributed by atoms with Gasteiger partial charge >= 0.3 is 0 Å². The SMILES string of the molecule is CNc1nccc(-c2sc(-c3cncc(F)c3)nc2-c2cccc(NS(=O)(=O)c3c(F)cc(OC)cc3F)c2F)n1. The number of methoxy groups -OCH3 is 1. The van der Waals surface area contributed by atoms with Crippen molar-refractivity contribution in [3.63, 3.8) is 0 Å². The molecule has 0 aliphatic rings. The van der Waals surface area contributed by atoms with E-state index in [4.69, 9.17) is 4.74 Å². The van der Waals surface area contributed by atoms with Gasteiger partial charge in [-0.15, -0.1) is 11.3 Å². The first kappa shape index (κ1) is 27.9. The van der Waals surface area contributed by atoms with E-state index in [1.165, 1.54) is 30.6 Å². The lowest BCUT2D eigenvalue weighted by molar-refractivity contribution is 0.402. The summed E-state index contributed by atoms with van der Waals surface area (Å²) in [6.45, 7) is 0. The highest BCUT2D eigenvalue weighted by atomic mass is 32.2. The molecular formula is C26H18F4N6O3S2. The maximum Gasteiger partial charge on any atom is 0.267 e. The number of halogens is 4. The van der Waals surface area contributed by atoms with Crippen LogP contribution >= 0.6 is 11.3 Å². The normalized spacial score (nSPS) is 11.4. The van der Waals surface area contributed by atoms with E-state index in [0.29, 0.717) is 28.3 Å². The number of rotatable bonds is 8. The van der Waals surface area contributed by atoms with Gasteiger partial charge in [0.05, 0.1) is 35.3 Å². The Hall–Kier alpha value is -4.63. The molecule has 0 bridgehead atoms. The van der Waals surface area contributed by atoms with Crippen molar-refractivity contribution in [1.29, 1.82) is 0 Å². The Morgan fingerprint density at radius 3 is 2.41 bits per heavy atom. The van der Waals surface area contributed by atoms with Crippen molar-refractivity contribution in [2.75, 3.05) is 24.2 Å². The molecule has 9 nitrogen and oxygen atoms in total. The summed E-state index contributed by atoms with van der Waals surface area (Å²) in [5.74, 6) is -4.51. The van der Waals surface area contributed by atoms with E-state index >= 15 is 4.39 Å². The number of aromatic nitrogens is 4. The van der Waals surface area contributed by atoms with Crippen LogP contribution in [0.15, 0.2) is 66.0 Å². The van der Waals surface area contributed by atoms with E-state index in [-0.39, 0.29) is 28.0 Å². The summed E-state index contributed by atoms with van der Waals surface area (Å²) in [4.78, 5) is 15.8. The molecule has 0 saturated heterocycles. The van der Waals surface area contributed by atoms with Gasteiger partial charge in [0, 0.05) is 42.7 Å².